The van der Waals surface area contributed by atoms with Crippen molar-refractivity contribution in [2.75, 3.05) is 12.1 Å². The number of rotatable bonds is 4. The van der Waals surface area contributed by atoms with Gasteiger partial charge in [-0.2, -0.15) is 0 Å². The van der Waals surface area contributed by atoms with Gasteiger partial charge in [0, 0.05) is 21.5 Å². The third-order valence-corrected chi connectivity index (χ3v) is 4.98. The summed E-state index contributed by atoms with van der Waals surface area (Å²) in [7, 11) is 0. The number of anilines is 1. The van der Waals surface area contributed by atoms with E-state index in [4.69, 9.17) is 9.47 Å². The van der Waals surface area contributed by atoms with Gasteiger partial charge in [0.2, 0.25) is 12.7 Å². The zero-order valence-corrected chi connectivity index (χ0v) is 15.8. The first kappa shape index (κ1) is 16.8. The van der Waals surface area contributed by atoms with Crippen LogP contribution in [-0.2, 0) is 4.79 Å². The predicted octanol–water partition coefficient (Wildman–Crippen LogP) is 4.95. The van der Waals surface area contributed by atoms with Crippen LogP contribution < -0.4 is 14.8 Å². The molecule has 0 radical (unpaired) electrons. The van der Waals surface area contributed by atoms with Gasteiger partial charge < -0.3 is 9.47 Å². The second kappa shape index (κ2) is 7.31. The molecule has 2 heterocycles. The molecule has 0 saturated carbocycles. The molecule has 1 amide bonds. The molecule has 1 aromatic heterocycles. The molecule has 0 spiro atoms. The Labute approximate surface area is 162 Å². The van der Waals surface area contributed by atoms with E-state index >= 15 is 0 Å². The van der Waals surface area contributed by atoms with Gasteiger partial charge in [-0.3, -0.25) is 10.1 Å². The topological polar surface area (TPSA) is 60.5 Å². The molecular weight excluding hydrogens is 416 g/mol. The number of benzene rings is 2. The Balaban J connectivity index is 1.41. The molecule has 0 bridgehead atoms. The van der Waals surface area contributed by atoms with Crippen LogP contribution in [0.15, 0.2) is 58.4 Å². The third-order valence-electron chi connectivity index (χ3n) is 3.70. The van der Waals surface area contributed by atoms with Crippen LogP contribution in [0, 0.1) is 0 Å². The first-order valence-corrected chi connectivity index (χ1v) is 9.45. The standard InChI is InChI=1S/C19H13BrN2O3S/c20-14-5-3-13(4-6-14)15-10-26-19(21-15)22-18(23)8-2-12-1-7-16-17(9-12)25-11-24-16/h1-10H,11H2,(H,21,22,23)/b8-2-. The molecule has 5 nitrogen and oxygen atoms in total. The molecule has 3 aromatic rings. The first-order valence-electron chi connectivity index (χ1n) is 7.77. The normalized spacial score (nSPS) is 12.5. The van der Waals surface area contributed by atoms with Gasteiger partial charge in [-0.25, -0.2) is 4.98 Å². The van der Waals surface area contributed by atoms with Crippen LogP contribution in [0.2, 0.25) is 0 Å². The molecule has 26 heavy (non-hydrogen) atoms. The quantitative estimate of drug-likeness (QED) is 0.596. The van der Waals surface area contributed by atoms with E-state index in [-0.39, 0.29) is 12.7 Å². The zero-order chi connectivity index (χ0) is 17.9. The first-order chi connectivity index (χ1) is 12.7. The monoisotopic (exact) mass is 428 g/mol. The van der Waals surface area contributed by atoms with Crippen LogP contribution in [0.3, 0.4) is 0 Å². The van der Waals surface area contributed by atoms with Crippen LogP contribution in [0.5, 0.6) is 11.5 Å². The zero-order valence-electron chi connectivity index (χ0n) is 13.4. The summed E-state index contributed by atoms with van der Waals surface area (Å²) in [5.41, 5.74) is 2.69. The van der Waals surface area contributed by atoms with Crippen LogP contribution in [0.4, 0.5) is 5.13 Å². The lowest BCUT2D eigenvalue weighted by atomic mass is 10.2. The second-order valence-corrected chi connectivity index (χ2v) is 7.25. The molecule has 0 saturated heterocycles. The Hall–Kier alpha value is -2.64. The van der Waals surface area contributed by atoms with Gasteiger partial charge in [0.25, 0.3) is 0 Å². The van der Waals surface area contributed by atoms with E-state index < -0.39 is 0 Å². The van der Waals surface area contributed by atoms with Gasteiger partial charge in [-0.05, 0) is 35.9 Å². The van der Waals surface area contributed by atoms with Crippen molar-refractivity contribution < 1.29 is 14.3 Å². The van der Waals surface area contributed by atoms with Gasteiger partial charge in [0.15, 0.2) is 16.6 Å². The summed E-state index contributed by atoms with van der Waals surface area (Å²) in [6.45, 7) is 0.230. The molecule has 1 N–H and O–H groups in total. The predicted molar refractivity (Wildman–Crippen MR) is 105 cm³/mol. The van der Waals surface area contributed by atoms with Crippen molar-refractivity contribution in [3.8, 4) is 22.8 Å². The van der Waals surface area contributed by atoms with Crippen molar-refractivity contribution in [1.29, 1.82) is 0 Å². The molecule has 0 unspecified atom stereocenters. The molecule has 1 aliphatic rings. The van der Waals surface area contributed by atoms with Gasteiger partial charge in [0.05, 0.1) is 5.69 Å². The molecule has 7 heteroatoms. The fourth-order valence-electron chi connectivity index (χ4n) is 2.42. The third kappa shape index (κ3) is 3.79. The number of carbonyl (C=O) groups is 1. The highest BCUT2D eigenvalue weighted by molar-refractivity contribution is 9.10. The van der Waals surface area contributed by atoms with Crippen LogP contribution in [0.1, 0.15) is 5.56 Å². The van der Waals surface area contributed by atoms with Crippen molar-refractivity contribution in [3.05, 3.63) is 64.0 Å². The van der Waals surface area contributed by atoms with E-state index in [1.807, 2.05) is 47.8 Å². The summed E-state index contributed by atoms with van der Waals surface area (Å²) in [4.78, 5) is 16.6. The summed E-state index contributed by atoms with van der Waals surface area (Å²) >= 11 is 4.80. The number of aromatic nitrogens is 1. The van der Waals surface area contributed by atoms with Crippen molar-refractivity contribution in [3.63, 3.8) is 0 Å². The van der Waals surface area contributed by atoms with E-state index in [9.17, 15) is 4.79 Å². The fraction of sp³-hybridized carbons (Fsp3) is 0.0526. The highest BCUT2D eigenvalue weighted by atomic mass is 79.9. The number of amides is 1. The largest absolute Gasteiger partial charge is 0.454 e. The number of hydrogen-bond acceptors (Lipinski definition) is 5. The Morgan fingerprint density at radius 2 is 1.96 bits per heavy atom. The molecule has 0 aliphatic carbocycles. The summed E-state index contributed by atoms with van der Waals surface area (Å²) < 4.78 is 11.6. The lowest BCUT2D eigenvalue weighted by Gasteiger charge is -1.99. The minimum Gasteiger partial charge on any atom is -0.454 e. The van der Waals surface area contributed by atoms with Crippen molar-refractivity contribution in [2.24, 2.45) is 0 Å². The van der Waals surface area contributed by atoms with E-state index in [0.29, 0.717) is 10.9 Å². The average molecular weight is 429 g/mol. The van der Waals surface area contributed by atoms with Crippen molar-refractivity contribution >= 4 is 44.4 Å². The SMILES string of the molecule is O=C(/C=C\c1ccc2c(c1)OCO2)Nc1nc(-c2ccc(Br)cc2)cs1. The number of fused-ring (bicyclic) bond motifs is 1. The fourth-order valence-corrected chi connectivity index (χ4v) is 3.41. The number of hydrogen-bond donors (Lipinski definition) is 1. The second-order valence-electron chi connectivity index (χ2n) is 5.48. The molecule has 130 valence electrons. The van der Waals surface area contributed by atoms with E-state index in [1.165, 1.54) is 17.4 Å². The number of carbonyl (C=O) groups excluding carboxylic acids is 1. The molecule has 0 atom stereocenters. The van der Waals surface area contributed by atoms with Crippen LogP contribution >= 0.6 is 27.3 Å². The van der Waals surface area contributed by atoms with E-state index in [2.05, 4.69) is 26.2 Å². The minimum atomic E-state index is -0.237. The van der Waals surface area contributed by atoms with Crippen molar-refractivity contribution in [2.45, 2.75) is 0 Å². The minimum absolute atomic E-state index is 0.230. The Morgan fingerprint density at radius 1 is 1.15 bits per heavy atom. The number of nitrogens with zero attached hydrogens (tertiary/aromatic N) is 1. The van der Waals surface area contributed by atoms with Gasteiger partial charge in [0.1, 0.15) is 0 Å². The number of ether oxygens (including phenoxy) is 2. The Bertz CT molecular complexity index is 983. The summed E-state index contributed by atoms with van der Waals surface area (Å²) in [6.07, 6.45) is 3.19. The average Bonchev–Trinajstić information content (AvgIpc) is 3.29. The highest BCUT2D eigenvalue weighted by Gasteiger charge is 2.12. The number of halogens is 1. The maximum Gasteiger partial charge on any atom is 0.250 e. The lowest BCUT2D eigenvalue weighted by Crippen LogP contribution is -2.07. The summed E-state index contributed by atoms with van der Waals surface area (Å²) in [6, 6.07) is 13.4. The summed E-state index contributed by atoms with van der Waals surface area (Å²) in [5.74, 6) is 1.17. The molecule has 1 aliphatic heterocycles. The number of thiazole rings is 1. The van der Waals surface area contributed by atoms with E-state index in [0.717, 1.165) is 27.0 Å². The maximum absolute atomic E-state index is 12.1. The lowest BCUT2D eigenvalue weighted by molar-refractivity contribution is -0.111. The van der Waals surface area contributed by atoms with Gasteiger partial charge in [-0.1, -0.05) is 34.1 Å². The molecule has 4 rings (SSSR count). The molecular formula is C19H13BrN2O3S. The highest BCUT2D eigenvalue weighted by Crippen LogP contribution is 2.32. The van der Waals surface area contributed by atoms with Crippen LogP contribution in [0.25, 0.3) is 17.3 Å². The molecule has 0 fully saturated rings. The van der Waals surface area contributed by atoms with Crippen LogP contribution in [-0.4, -0.2) is 17.7 Å². The van der Waals surface area contributed by atoms with Gasteiger partial charge >= 0.3 is 0 Å². The van der Waals surface area contributed by atoms with Crippen molar-refractivity contribution in [1.82, 2.24) is 4.98 Å². The summed E-state index contributed by atoms with van der Waals surface area (Å²) in [5, 5.41) is 5.26. The Kier molecular flexibility index (Phi) is 4.73. The maximum atomic E-state index is 12.1. The van der Waals surface area contributed by atoms with Gasteiger partial charge in [-0.15, -0.1) is 11.3 Å². The smallest absolute Gasteiger partial charge is 0.250 e. The molecule has 2 aromatic carbocycles. The van der Waals surface area contributed by atoms with E-state index in [1.54, 1.807) is 6.08 Å². The number of nitrogens with one attached hydrogen (secondary N) is 1. The Morgan fingerprint density at radius 3 is 2.81 bits per heavy atom.